The van der Waals surface area contributed by atoms with Crippen LogP contribution < -0.4 is 5.73 Å². The van der Waals surface area contributed by atoms with Crippen molar-refractivity contribution in [3.05, 3.63) is 87.4 Å². The van der Waals surface area contributed by atoms with Gasteiger partial charge in [0, 0.05) is 42.6 Å². The van der Waals surface area contributed by atoms with Gasteiger partial charge in [0.15, 0.2) is 0 Å². The summed E-state index contributed by atoms with van der Waals surface area (Å²) in [6, 6.07) is 16.3. The Morgan fingerprint density at radius 3 is 2.26 bits per heavy atom. The third-order valence-corrected chi connectivity index (χ3v) is 7.20. The predicted molar refractivity (Wildman–Crippen MR) is 141 cm³/mol. The number of hydrogen-bond acceptors (Lipinski definition) is 5. The summed E-state index contributed by atoms with van der Waals surface area (Å²) in [5.41, 5.74) is 13.4. The highest BCUT2D eigenvalue weighted by molar-refractivity contribution is 7.07. The Morgan fingerprint density at radius 2 is 1.69 bits per heavy atom. The molecule has 1 atom stereocenters. The van der Waals surface area contributed by atoms with Crippen molar-refractivity contribution in [3.63, 3.8) is 0 Å². The highest BCUT2D eigenvalue weighted by Crippen LogP contribution is 2.22. The van der Waals surface area contributed by atoms with Gasteiger partial charge >= 0.3 is 0 Å². The number of carbonyl (C=O) groups is 1. The van der Waals surface area contributed by atoms with Crippen LogP contribution in [0.15, 0.2) is 59.4 Å². The van der Waals surface area contributed by atoms with Crippen LogP contribution in [0.25, 0.3) is 0 Å². The van der Waals surface area contributed by atoms with Gasteiger partial charge in [0.25, 0.3) is 0 Å². The number of amides is 1. The zero-order valence-corrected chi connectivity index (χ0v) is 20.8. The first-order chi connectivity index (χ1) is 17.1. The number of aliphatic hydroxyl groups excluding tert-OH is 1. The molecule has 0 bridgehead atoms. The Balaban J connectivity index is 1.23. The molecule has 0 saturated carbocycles. The molecule has 5 nitrogen and oxygen atoms in total. The third kappa shape index (κ3) is 7.50. The van der Waals surface area contributed by atoms with Gasteiger partial charge in [-0.1, -0.05) is 36.1 Å². The van der Waals surface area contributed by atoms with Gasteiger partial charge in [-0.25, -0.2) is 4.98 Å². The Bertz CT molecular complexity index is 1120. The lowest BCUT2D eigenvalue weighted by Crippen LogP contribution is -2.48. The maximum atomic E-state index is 12.7. The summed E-state index contributed by atoms with van der Waals surface area (Å²) >= 11 is 1.53. The number of rotatable bonds is 8. The molecule has 1 aliphatic rings. The molecule has 35 heavy (non-hydrogen) atoms. The van der Waals surface area contributed by atoms with E-state index in [2.05, 4.69) is 53.2 Å². The van der Waals surface area contributed by atoms with Crippen molar-refractivity contribution in [1.29, 1.82) is 0 Å². The summed E-state index contributed by atoms with van der Waals surface area (Å²) in [7, 11) is 0. The lowest BCUT2D eigenvalue weighted by Gasteiger charge is -2.33. The van der Waals surface area contributed by atoms with Gasteiger partial charge in [0.05, 0.1) is 17.2 Å². The molecule has 1 amide bonds. The molecule has 2 aromatic carbocycles. The molecule has 0 unspecified atom stereocenters. The van der Waals surface area contributed by atoms with Gasteiger partial charge < -0.3 is 15.7 Å². The van der Waals surface area contributed by atoms with Gasteiger partial charge in [0.2, 0.25) is 5.91 Å². The van der Waals surface area contributed by atoms with Crippen LogP contribution in [0, 0.1) is 17.8 Å². The number of nitrogens with two attached hydrogens (primary N) is 1. The highest BCUT2D eigenvalue weighted by Gasteiger charge is 2.26. The van der Waals surface area contributed by atoms with Crippen LogP contribution in [0.4, 0.5) is 0 Å². The van der Waals surface area contributed by atoms with E-state index in [9.17, 15) is 4.79 Å². The molecule has 3 aromatic rings. The van der Waals surface area contributed by atoms with E-state index in [0.717, 1.165) is 62.0 Å². The topological polar surface area (TPSA) is 79.5 Å². The Labute approximate surface area is 212 Å². The van der Waals surface area contributed by atoms with Gasteiger partial charge in [-0.3, -0.25) is 4.79 Å². The minimum absolute atomic E-state index is 0.0409. The molecule has 0 spiro atoms. The lowest BCUT2D eigenvalue weighted by molar-refractivity contribution is -0.134. The molecule has 2 heterocycles. The van der Waals surface area contributed by atoms with E-state index < -0.39 is 6.04 Å². The molecule has 0 aliphatic carbocycles. The number of piperidine rings is 1. The smallest absolute Gasteiger partial charge is 0.239 e. The summed E-state index contributed by atoms with van der Waals surface area (Å²) in [5, 5.41) is 10.9. The number of nitrogens with zero attached hydrogens (tertiary/aromatic N) is 2. The summed E-state index contributed by atoms with van der Waals surface area (Å²) in [5.74, 6) is 7.10. The van der Waals surface area contributed by atoms with Gasteiger partial charge in [-0.2, -0.15) is 0 Å². The maximum Gasteiger partial charge on any atom is 0.239 e. The lowest BCUT2D eigenvalue weighted by atomic mass is 9.89. The molecule has 3 N–H and O–H groups in total. The summed E-state index contributed by atoms with van der Waals surface area (Å²) in [6.07, 6.45) is 5.22. The van der Waals surface area contributed by atoms with Gasteiger partial charge in [0.1, 0.15) is 0 Å². The van der Waals surface area contributed by atoms with E-state index in [0.29, 0.717) is 12.3 Å². The number of benzene rings is 2. The molecular formula is C29H33N3O2S. The first-order valence-corrected chi connectivity index (χ1v) is 13.3. The largest absolute Gasteiger partial charge is 0.396 e. The summed E-state index contributed by atoms with van der Waals surface area (Å²) < 4.78 is 0. The zero-order valence-electron chi connectivity index (χ0n) is 20.0. The Hall–Kier alpha value is -2.98. The van der Waals surface area contributed by atoms with Crippen molar-refractivity contribution in [1.82, 2.24) is 9.88 Å². The fourth-order valence-corrected chi connectivity index (χ4v) is 5.05. The van der Waals surface area contributed by atoms with Crippen LogP contribution in [0.1, 0.15) is 47.2 Å². The fraction of sp³-hybridized carbons (Fsp3) is 0.379. The highest BCUT2D eigenvalue weighted by atomic mass is 32.1. The molecular weight excluding hydrogens is 454 g/mol. The number of aryl methyl sites for hydroxylation is 1. The van der Waals surface area contributed by atoms with Crippen molar-refractivity contribution in [2.45, 2.75) is 44.6 Å². The van der Waals surface area contributed by atoms with Crippen LogP contribution in [-0.2, 0) is 24.1 Å². The molecule has 6 heteroatoms. The molecule has 1 aliphatic heterocycles. The van der Waals surface area contributed by atoms with Crippen LogP contribution in [0.2, 0.25) is 0 Å². The van der Waals surface area contributed by atoms with E-state index in [1.54, 1.807) is 5.51 Å². The molecule has 1 fully saturated rings. The molecule has 4 rings (SSSR count). The van der Waals surface area contributed by atoms with E-state index in [4.69, 9.17) is 10.8 Å². The third-order valence-electron chi connectivity index (χ3n) is 6.56. The van der Waals surface area contributed by atoms with E-state index in [1.807, 2.05) is 22.4 Å². The second-order valence-corrected chi connectivity index (χ2v) is 9.95. The Morgan fingerprint density at radius 1 is 1.06 bits per heavy atom. The summed E-state index contributed by atoms with van der Waals surface area (Å²) in [4.78, 5) is 18.9. The van der Waals surface area contributed by atoms with E-state index >= 15 is 0 Å². The first kappa shape index (κ1) is 25.1. The number of aromatic nitrogens is 1. The molecule has 0 radical (unpaired) electrons. The van der Waals surface area contributed by atoms with Crippen molar-refractivity contribution in [2.24, 2.45) is 11.7 Å². The van der Waals surface area contributed by atoms with Crippen LogP contribution in [0.5, 0.6) is 0 Å². The maximum absolute atomic E-state index is 12.7. The standard InChI is InChI=1S/C29H33N3O2S/c30-28(19-27-20-35-21-31-27)29(34)32-15-13-26(14-16-32)18-25-11-9-24(10-12-25)8-7-23-5-3-22(4-6-23)2-1-17-33/h3-6,9-12,20-21,26,28,33H,1-2,13-19,30H2/t28-/m1/s1. The monoisotopic (exact) mass is 487 g/mol. The number of likely N-dealkylation sites (tertiary alicyclic amines) is 1. The van der Waals surface area contributed by atoms with Crippen molar-refractivity contribution in [2.75, 3.05) is 19.7 Å². The van der Waals surface area contributed by atoms with E-state index in [1.165, 1.54) is 22.5 Å². The normalized spacial score (nSPS) is 14.9. The minimum atomic E-state index is -0.508. The average Bonchev–Trinajstić information content (AvgIpc) is 3.41. The van der Waals surface area contributed by atoms with Gasteiger partial charge in [-0.05, 0) is 73.4 Å². The first-order valence-electron chi connectivity index (χ1n) is 12.3. The van der Waals surface area contributed by atoms with E-state index in [-0.39, 0.29) is 12.5 Å². The van der Waals surface area contributed by atoms with Crippen LogP contribution in [0.3, 0.4) is 0 Å². The predicted octanol–water partition coefficient (Wildman–Crippen LogP) is 3.82. The van der Waals surface area contributed by atoms with Crippen LogP contribution in [-0.4, -0.2) is 46.6 Å². The Kier molecular flexibility index (Phi) is 9.08. The SMILES string of the molecule is N[C@H](Cc1cscn1)C(=O)N1CCC(Cc2ccc(C#Cc3ccc(CCCO)cc3)cc2)CC1. The molecule has 1 aromatic heterocycles. The number of carbonyl (C=O) groups excluding carboxylic acids is 1. The summed E-state index contributed by atoms with van der Waals surface area (Å²) in [6.45, 7) is 1.77. The number of thiazole rings is 1. The van der Waals surface area contributed by atoms with Gasteiger partial charge in [-0.15, -0.1) is 11.3 Å². The minimum Gasteiger partial charge on any atom is -0.396 e. The number of hydrogen-bond donors (Lipinski definition) is 2. The fourth-order valence-electron chi connectivity index (χ4n) is 4.48. The zero-order chi connectivity index (χ0) is 24.5. The van der Waals surface area contributed by atoms with Crippen molar-refractivity contribution >= 4 is 17.2 Å². The average molecular weight is 488 g/mol. The van der Waals surface area contributed by atoms with Crippen LogP contribution >= 0.6 is 11.3 Å². The molecule has 182 valence electrons. The quantitative estimate of drug-likeness (QED) is 0.474. The van der Waals surface area contributed by atoms with Crippen molar-refractivity contribution < 1.29 is 9.90 Å². The second-order valence-electron chi connectivity index (χ2n) is 9.23. The van der Waals surface area contributed by atoms with Crippen molar-refractivity contribution in [3.8, 4) is 11.8 Å². The number of aliphatic hydroxyl groups is 1. The molecule has 1 saturated heterocycles. The second kappa shape index (κ2) is 12.6.